The van der Waals surface area contributed by atoms with E-state index in [-0.39, 0.29) is 29.5 Å². The second-order valence-electron chi connectivity index (χ2n) is 9.81. The van der Waals surface area contributed by atoms with E-state index in [1.54, 1.807) is 17.0 Å². The number of pyridine rings is 1. The number of rotatable bonds is 6. The van der Waals surface area contributed by atoms with Crippen LogP contribution in [0.3, 0.4) is 0 Å². The van der Waals surface area contributed by atoms with E-state index in [1.807, 2.05) is 0 Å². The lowest BCUT2D eigenvalue weighted by atomic mass is 10.0. The van der Waals surface area contributed by atoms with Gasteiger partial charge in [-0.3, -0.25) is 9.59 Å². The number of carbonyl (C=O) groups is 2. The smallest absolute Gasteiger partial charge is 0.378 e. The number of carbonyl (C=O) groups excluding carboxylic acids is 2. The zero-order valence-corrected chi connectivity index (χ0v) is 21.6. The Morgan fingerprint density at radius 2 is 1.61 bits per heavy atom. The molecule has 1 aromatic carbocycles. The predicted molar refractivity (Wildman–Crippen MR) is 130 cm³/mol. The molecule has 0 unspecified atom stereocenters. The molecule has 218 valence electrons. The maximum absolute atomic E-state index is 13.3. The summed E-state index contributed by atoms with van der Waals surface area (Å²) in [6.07, 6.45) is -7.13. The molecule has 2 aliphatic rings. The maximum Gasteiger partial charge on any atom is 0.416 e. The summed E-state index contributed by atoms with van der Waals surface area (Å²) in [6, 6.07) is 2.81. The van der Waals surface area contributed by atoms with E-state index in [4.69, 9.17) is 4.74 Å². The Balaban J connectivity index is 1.41. The van der Waals surface area contributed by atoms with Crippen molar-refractivity contribution in [3.63, 3.8) is 0 Å². The largest absolute Gasteiger partial charge is 0.416 e. The Kier molecular flexibility index (Phi) is 7.48. The number of aromatic nitrogens is 4. The fraction of sp³-hybridized carbons (Fsp3) is 0.423. The third kappa shape index (κ3) is 6.34. The minimum atomic E-state index is -5.10. The number of alkyl halides is 6. The molecule has 0 spiro atoms. The number of halogens is 6. The number of hydrogen-bond acceptors (Lipinski definition) is 6. The Labute approximate surface area is 229 Å². The molecule has 3 heterocycles. The Hall–Kier alpha value is -4.01. The van der Waals surface area contributed by atoms with Gasteiger partial charge in [0, 0.05) is 30.8 Å². The first kappa shape index (κ1) is 28.5. The molecule has 3 aromatic rings. The zero-order valence-electron chi connectivity index (χ0n) is 21.6. The van der Waals surface area contributed by atoms with Gasteiger partial charge in [-0.2, -0.15) is 31.0 Å². The minimum Gasteiger partial charge on any atom is -0.378 e. The van der Waals surface area contributed by atoms with Crippen LogP contribution in [0.1, 0.15) is 75.2 Å². The summed E-state index contributed by atoms with van der Waals surface area (Å²) in [6.45, 7) is 3.25. The van der Waals surface area contributed by atoms with Crippen molar-refractivity contribution in [2.75, 3.05) is 26.3 Å². The van der Waals surface area contributed by atoms with Gasteiger partial charge in [-0.25, -0.2) is 9.97 Å². The van der Waals surface area contributed by atoms with Gasteiger partial charge in [0.25, 0.3) is 11.8 Å². The summed E-state index contributed by atoms with van der Waals surface area (Å²) < 4.78 is 86.3. The summed E-state index contributed by atoms with van der Waals surface area (Å²) in [5.74, 6) is -0.394. The molecule has 2 fully saturated rings. The molecule has 2 aromatic heterocycles. The highest BCUT2D eigenvalue weighted by Gasteiger charge is 2.38. The van der Waals surface area contributed by atoms with E-state index in [0.717, 1.165) is 12.8 Å². The van der Waals surface area contributed by atoms with E-state index in [0.29, 0.717) is 49.8 Å². The van der Waals surface area contributed by atoms with E-state index in [9.17, 15) is 35.9 Å². The molecule has 0 radical (unpaired) electrons. The van der Waals surface area contributed by atoms with Crippen molar-refractivity contribution in [3.05, 3.63) is 70.4 Å². The summed E-state index contributed by atoms with van der Waals surface area (Å²) in [5.41, 5.74) is -3.66. The maximum atomic E-state index is 13.3. The van der Waals surface area contributed by atoms with Gasteiger partial charge in [-0.05, 0) is 50.1 Å². The van der Waals surface area contributed by atoms with Crippen molar-refractivity contribution >= 4 is 11.8 Å². The number of ether oxygens (including phenoxy) is 1. The van der Waals surface area contributed by atoms with Crippen molar-refractivity contribution in [2.45, 2.75) is 44.1 Å². The number of morpholine rings is 1. The second-order valence-corrected chi connectivity index (χ2v) is 9.81. The van der Waals surface area contributed by atoms with Gasteiger partial charge in [-0.15, -0.1) is 5.10 Å². The summed E-state index contributed by atoms with van der Waals surface area (Å²) in [4.78, 5) is 36.1. The highest BCUT2D eigenvalue weighted by Crippen LogP contribution is 2.39. The van der Waals surface area contributed by atoms with Gasteiger partial charge in [0.2, 0.25) is 0 Å². The summed E-state index contributed by atoms with van der Waals surface area (Å²) in [5, 5.41) is 6.91. The SMILES string of the molecule is C[C@H](NC(=O)c1cc(C(F)(F)F)cc(C(F)(F)F)c1)c1nc(C2CC2)nn1-c1ccc(C(=O)N2CCOCC2)cn1. The molecule has 1 aliphatic carbocycles. The first-order valence-electron chi connectivity index (χ1n) is 12.7. The van der Waals surface area contributed by atoms with Gasteiger partial charge >= 0.3 is 12.4 Å². The van der Waals surface area contributed by atoms with Crippen LogP contribution in [-0.4, -0.2) is 62.8 Å². The van der Waals surface area contributed by atoms with Gasteiger partial charge < -0.3 is 15.0 Å². The minimum absolute atomic E-state index is 0.0438. The van der Waals surface area contributed by atoms with Crippen LogP contribution < -0.4 is 5.32 Å². The molecule has 0 bridgehead atoms. The zero-order chi connectivity index (χ0) is 29.5. The van der Waals surface area contributed by atoms with E-state index >= 15 is 0 Å². The average Bonchev–Trinajstić information content (AvgIpc) is 3.70. The topological polar surface area (TPSA) is 102 Å². The van der Waals surface area contributed by atoms with Crippen molar-refractivity contribution in [1.29, 1.82) is 0 Å². The molecule has 15 heteroatoms. The average molecular weight is 583 g/mol. The second kappa shape index (κ2) is 10.8. The Morgan fingerprint density at radius 1 is 0.976 bits per heavy atom. The molecule has 1 saturated carbocycles. The van der Waals surface area contributed by atoms with E-state index < -0.39 is 41.0 Å². The molecule has 9 nitrogen and oxygen atoms in total. The predicted octanol–water partition coefficient (Wildman–Crippen LogP) is 4.54. The number of benzene rings is 1. The van der Waals surface area contributed by atoms with Gasteiger partial charge in [0.05, 0.1) is 35.9 Å². The number of hydrogen-bond donors (Lipinski definition) is 1. The molecule has 1 N–H and O–H groups in total. The Morgan fingerprint density at radius 3 is 2.15 bits per heavy atom. The number of amides is 2. The monoisotopic (exact) mass is 582 g/mol. The molecule has 2 amide bonds. The first-order chi connectivity index (χ1) is 19.3. The summed E-state index contributed by atoms with van der Waals surface area (Å²) >= 11 is 0. The molecule has 41 heavy (non-hydrogen) atoms. The van der Waals surface area contributed by atoms with Crippen molar-refractivity contribution in [3.8, 4) is 5.82 Å². The third-order valence-corrected chi connectivity index (χ3v) is 6.69. The van der Waals surface area contributed by atoms with Crippen LogP contribution in [0.2, 0.25) is 0 Å². The standard InChI is InChI=1S/C26H24F6N6O3/c1-14(34-23(39)17-10-18(25(27,28)29)12-19(11-17)26(30,31)32)22-35-21(15-2-3-15)36-38(22)20-5-4-16(13-33-20)24(40)37-6-8-41-9-7-37/h4-5,10-15H,2-3,6-9H2,1H3,(H,34,39)/t14-/m0/s1. The molecule has 1 aliphatic heterocycles. The van der Waals surface area contributed by atoms with Crippen LogP contribution in [0.4, 0.5) is 26.3 Å². The quantitative estimate of drug-likeness (QED) is 0.429. The van der Waals surface area contributed by atoms with Crippen LogP contribution >= 0.6 is 0 Å². The molecule has 1 saturated heterocycles. The van der Waals surface area contributed by atoms with Gasteiger partial charge in [-0.1, -0.05) is 0 Å². The highest BCUT2D eigenvalue weighted by atomic mass is 19.4. The molecular formula is C26H24F6N6O3. The van der Waals surface area contributed by atoms with Crippen LogP contribution in [0.25, 0.3) is 5.82 Å². The fourth-order valence-corrected chi connectivity index (χ4v) is 4.32. The van der Waals surface area contributed by atoms with Gasteiger partial charge in [0.15, 0.2) is 17.5 Å². The van der Waals surface area contributed by atoms with Crippen LogP contribution in [0.5, 0.6) is 0 Å². The Bertz CT molecular complexity index is 1410. The lowest BCUT2D eigenvalue weighted by molar-refractivity contribution is -0.143. The highest BCUT2D eigenvalue weighted by molar-refractivity contribution is 5.95. The number of nitrogens with zero attached hydrogens (tertiary/aromatic N) is 5. The van der Waals surface area contributed by atoms with Crippen LogP contribution in [0, 0.1) is 0 Å². The lowest BCUT2D eigenvalue weighted by Crippen LogP contribution is -2.40. The molecule has 5 rings (SSSR count). The van der Waals surface area contributed by atoms with Crippen molar-refractivity contribution < 1.29 is 40.7 Å². The molecular weight excluding hydrogens is 558 g/mol. The van der Waals surface area contributed by atoms with Crippen LogP contribution in [-0.2, 0) is 17.1 Å². The van der Waals surface area contributed by atoms with Crippen LogP contribution in [0.15, 0.2) is 36.5 Å². The van der Waals surface area contributed by atoms with Crippen molar-refractivity contribution in [2.24, 2.45) is 0 Å². The van der Waals surface area contributed by atoms with Crippen molar-refractivity contribution in [1.82, 2.24) is 30.0 Å². The summed E-state index contributed by atoms with van der Waals surface area (Å²) in [7, 11) is 0. The van der Waals surface area contributed by atoms with E-state index in [2.05, 4.69) is 20.4 Å². The fourth-order valence-electron chi connectivity index (χ4n) is 4.32. The number of nitrogens with one attached hydrogen (secondary N) is 1. The lowest BCUT2D eigenvalue weighted by Gasteiger charge is -2.26. The third-order valence-electron chi connectivity index (χ3n) is 6.69. The first-order valence-corrected chi connectivity index (χ1v) is 12.7. The van der Waals surface area contributed by atoms with Gasteiger partial charge in [0.1, 0.15) is 0 Å². The molecule has 1 atom stereocenters. The van der Waals surface area contributed by atoms with E-state index in [1.165, 1.54) is 17.8 Å². The normalized spacial score (nSPS) is 16.9.